The highest BCUT2D eigenvalue weighted by Crippen LogP contribution is 2.35. The van der Waals surface area contributed by atoms with Gasteiger partial charge in [0.1, 0.15) is 11.3 Å². The van der Waals surface area contributed by atoms with Crippen LogP contribution in [0.2, 0.25) is 0 Å². The molecule has 3 aromatic rings. The van der Waals surface area contributed by atoms with Crippen molar-refractivity contribution < 1.29 is 0 Å². The number of aryl methyl sites for hydroxylation is 3. The Balaban J connectivity index is 2.32. The van der Waals surface area contributed by atoms with E-state index >= 15 is 0 Å². The Hall–Kier alpha value is -2.49. The van der Waals surface area contributed by atoms with Gasteiger partial charge in [0, 0.05) is 33.8 Å². The van der Waals surface area contributed by atoms with Gasteiger partial charge >= 0.3 is 0 Å². The molecule has 0 fully saturated rings. The zero-order valence-electron chi connectivity index (χ0n) is 15.7. The van der Waals surface area contributed by atoms with Crippen LogP contribution in [0.25, 0.3) is 22.4 Å². The molecular formula is C20H26N4. The van der Waals surface area contributed by atoms with Crippen LogP contribution < -0.4 is 9.80 Å². The maximum absolute atomic E-state index is 4.97. The van der Waals surface area contributed by atoms with Crippen molar-refractivity contribution in [3.05, 3.63) is 41.0 Å². The molecule has 0 radical (unpaired) electrons. The Labute approximate surface area is 144 Å². The lowest BCUT2D eigenvalue weighted by atomic mass is 9.99. The lowest BCUT2D eigenvalue weighted by Gasteiger charge is -2.17. The summed E-state index contributed by atoms with van der Waals surface area (Å²) in [7, 11) is 8.24. The van der Waals surface area contributed by atoms with Crippen LogP contribution in [0.3, 0.4) is 0 Å². The molecule has 4 nitrogen and oxygen atoms in total. The number of benzene rings is 2. The lowest BCUT2D eigenvalue weighted by Crippen LogP contribution is -2.12. The average molecular weight is 322 g/mol. The lowest BCUT2D eigenvalue weighted by molar-refractivity contribution is 1.12. The van der Waals surface area contributed by atoms with Crippen LogP contribution in [0.5, 0.6) is 0 Å². The predicted molar refractivity (Wildman–Crippen MR) is 104 cm³/mol. The molecule has 126 valence electrons. The summed E-state index contributed by atoms with van der Waals surface area (Å²) >= 11 is 0. The van der Waals surface area contributed by atoms with Crippen LogP contribution >= 0.6 is 0 Å². The summed E-state index contributed by atoms with van der Waals surface area (Å²) in [6, 6.07) is 8.72. The third kappa shape index (κ3) is 2.62. The Morgan fingerprint density at radius 3 is 1.92 bits per heavy atom. The number of aromatic nitrogens is 2. The average Bonchev–Trinajstić information content (AvgIpc) is 2.88. The molecular weight excluding hydrogens is 296 g/mol. The van der Waals surface area contributed by atoms with Gasteiger partial charge in [0.25, 0.3) is 0 Å². The number of aromatic amines is 1. The van der Waals surface area contributed by atoms with Crippen molar-refractivity contribution in [1.29, 1.82) is 0 Å². The molecule has 0 unspecified atom stereocenters. The minimum Gasteiger partial charge on any atom is -0.376 e. The fourth-order valence-corrected chi connectivity index (χ4v) is 3.47. The van der Waals surface area contributed by atoms with Crippen molar-refractivity contribution in [2.24, 2.45) is 0 Å². The topological polar surface area (TPSA) is 35.2 Å². The van der Waals surface area contributed by atoms with Crippen molar-refractivity contribution in [2.75, 3.05) is 38.0 Å². The van der Waals surface area contributed by atoms with Crippen molar-refractivity contribution in [2.45, 2.75) is 20.8 Å². The van der Waals surface area contributed by atoms with Gasteiger partial charge in [0.15, 0.2) is 0 Å². The molecule has 0 atom stereocenters. The molecule has 3 rings (SSSR count). The maximum atomic E-state index is 4.97. The second-order valence-corrected chi connectivity index (χ2v) is 6.98. The van der Waals surface area contributed by atoms with Crippen LogP contribution in [0.1, 0.15) is 16.7 Å². The molecule has 0 aliphatic carbocycles. The van der Waals surface area contributed by atoms with E-state index < -0.39 is 0 Å². The van der Waals surface area contributed by atoms with E-state index in [1.807, 2.05) is 0 Å². The van der Waals surface area contributed by atoms with Gasteiger partial charge in [-0.1, -0.05) is 17.7 Å². The van der Waals surface area contributed by atoms with Gasteiger partial charge in [0.2, 0.25) is 0 Å². The van der Waals surface area contributed by atoms with Crippen LogP contribution in [-0.4, -0.2) is 38.2 Å². The standard InChI is InChI=1S/C20H26N4/c1-12-10-13(2)17(14(3)11-12)20-21-18-15(23(4)5)8-9-16(24(6)7)19(18)22-20/h8-11H,1-7H3,(H,21,22). The fourth-order valence-electron chi connectivity index (χ4n) is 3.47. The number of imidazole rings is 1. The van der Waals surface area contributed by atoms with Crippen molar-refractivity contribution in [1.82, 2.24) is 9.97 Å². The molecule has 1 N–H and O–H groups in total. The first-order valence-electron chi connectivity index (χ1n) is 8.25. The van der Waals surface area contributed by atoms with Crippen molar-refractivity contribution in [3.8, 4) is 11.4 Å². The first kappa shape index (κ1) is 16.4. The van der Waals surface area contributed by atoms with E-state index in [4.69, 9.17) is 4.98 Å². The molecule has 1 aromatic heterocycles. The highest BCUT2D eigenvalue weighted by atomic mass is 15.1. The number of rotatable bonds is 3. The molecule has 2 aromatic carbocycles. The van der Waals surface area contributed by atoms with E-state index in [0.717, 1.165) is 28.2 Å². The fraction of sp³-hybridized carbons (Fsp3) is 0.350. The molecule has 0 amide bonds. The van der Waals surface area contributed by atoms with Crippen molar-refractivity contribution >= 4 is 22.4 Å². The summed E-state index contributed by atoms with van der Waals surface area (Å²) in [4.78, 5) is 12.8. The number of H-pyrrole nitrogens is 1. The second-order valence-electron chi connectivity index (χ2n) is 6.98. The largest absolute Gasteiger partial charge is 0.376 e. The van der Waals surface area contributed by atoms with Crippen LogP contribution in [0.15, 0.2) is 24.3 Å². The maximum Gasteiger partial charge on any atom is 0.139 e. The molecule has 4 heteroatoms. The normalized spacial score (nSPS) is 11.1. The summed E-state index contributed by atoms with van der Waals surface area (Å²) in [6.07, 6.45) is 0. The molecule has 0 saturated heterocycles. The van der Waals surface area contributed by atoms with Gasteiger partial charge in [-0.2, -0.15) is 0 Å². The highest BCUT2D eigenvalue weighted by Gasteiger charge is 2.17. The third-order valence-corrected chi connectivity index (χ3v) is 4.48. The summed E-state index contributed by atoms with van der Waals surface area (Å²) in [5, 5.41) is 0. The van der Waals surface area contributed by atoms with E-state index in [-0.39, 0.29) is 0 Å². The smallest absolute Gasteiger partial charge is 0.139 e. The highest BCUT2D eigenvalue weighted by molar-refractivity contribution is 5.99. The minimum atomic E-state index is 0.942. The number of hydrogen-bond donors (Lipinski definition) is 1. The van der Waals surface area contributed by atoms with Crippen molar-refractivity contribution in [3.63, 3.8) is 0 Å². The van der Waals surface area contributed by atoms with Gasteiger partial charge in [0.05, 0.1) is 16.9 Å². The van der Waals surface area contributed by atoms with E-state index in [2.05, 4.69) is 88.0 Å². The molecule has 0 aliphatic heterocycles. The third-order valence-electron chi connectivity index (χ3n) is 4.48. The number of nitrogens with zero attached hydrogens (tertiary/aromatic N) is 3. The molecule has 0 saturated carbocycles. The zero-order chi connectivity index (χ0) is 17.6. The first-order chi connectivity index (χ1) is 11.3. The Morgan fingerprint density at radius 1 is 0.833 bits per heavy atom. The van der Waals surface area contributed by atoms with Gasteiger partial charge in [-0.05, 0) is 44.0 Å². The van der Waals surface area contributed by atoms with E-state index in [9.17, 15) is 0 Å². The summed E-state index contributed by atoms with van der Waals surface area (Å²) in [6.45, 7) is 6.45. The minimum absolute atomic E-state index is 0.942. The Bertz CT molecular complexity index is 835. The summed E-state index contributed by atoms with van der Waals surface area (Å²) < 4.78 is 0. The predicted octanol–water partition coefficient (Wildman–Crippen LogP) is 4.29. The van der Waals surface area contributed by atoms with Crippen LogP contribution in [0.4, 0.5) is 11.4 Å². The van der Waals surface area contributed by atoms with E-state index in [1.54, 1.807) is 0 Å². The molecule has 0 bridgehead atoms. The molecule has 0 spiro atoms. The van der Waals surface area contributed by atoms with E-state index in [1.165, 1.54) is 22.3 Å². The van der Waals surface area contributed by atoms with Crippen LogP contribution in [-0.2, 0) is 0 Å². The molecule has 0 aliphatic rings. The van der Waals surface area contributed by atoms with Gasteiger partial charge < -0.3 is 14.8 Å². The number of anilines is 2. The number of nitrogens with one attached hydrogen (secondary N) is 1. The SMILES string of the molecule is Cc1cc(C)c(-c2nc3c(N(C)C)ccc(N(C)C)c3[nH]2)c(C)c1. The Morgan fingerprint density at radius 2 is 1.38 bits per heavy atom. The monoisotopic (exact) mass is 322 g/mol. The van der Waals surface area contributed by atoms with Gasteiger partial charge in [-0.25, -0.2) is 4.98 Å². The number of fused-ring (bicyclic) bond motifs is 1. The summed E-state index contributed by atoms with van der Waals surface area (Å²) in [5.41, 5.74) is 9.37. The van der Waals surface area contributed by atoms with E-state index in [0.29, 0.717) is 0 Å². The Kier molecular flexibility index (Phi) is 3.99. The molecule has 1 heterocycles. The van der Waals surface area contributed by atoms with Crippen LogP contribution in [0, 0.1) is 20.8 Å². The quantitative estimate of drug-likeness (QED) is 0.781. The zero-order valence-corrected chi connectivity index (χ0v) is 15.7. The number of hydrogen-bond acceptors (Lipinski definition) is 3. The van der Waals surface area contributed by atoms with Gasteiger partial charge in [-0.15, -0.1) is 0 Å². The molecule has 24 heavy (non-hydrogen) atoms. The first-order valence-corrected chi connectivity index (χ1v) is 8.25. The summed E-state index contributed by atoms with van der Waals surface area (Å²) in [5.74, 6) is 0.942. The van der Waals surface area contributed by atoms with Gasteiger partial charge in [-0.3, -0.25) is 0 Å². The second kappa shape index (κ2) is 5.86.